The number of thiazole rings is 1. The molecule has 0 fully saturated rings. The lowest BCUT2D eigenvalue weighted by Gasteiger charge is -1.97. The molecule has 0 aliphatic rings. The topological polar surface area (TPSA) is 24.9 Å². The Balaban J connectivity index is 2.37. The predicted molar refractivity (Wildman–Crippen MR) is 70.1 cm³/mol. The van der Waals surface area contributed by atoms with Gasteiger partial charge in [-0.05, 0) is 20.0 Å². The lowest BCUT2D eigenvalue weighted by atomic mass is 10.1. The standard InChI is InChI=1S/C12H13ClN2S/c1-8-4-3-5-9(6-8)12-15-11(13)10(16-12)7-14-2/h3-6,14H,7H2,1-2H3. The maximum atomic E-state index is 6.07. The maximum absolute atomic E-state index is 6.07. The number of aryl methyl sites for hydroxylation is 1. The number of halogens is 1. The molecule has 0 unspecified atom stereocenters. The summed E-state index contributed by atoms with van der Waals surface area (Å²) in [5.74, 6) is 0. The molecule has 0 saturated carbocycles. The van der Waals surface area contributed by atoms with Gasteiger partial charge in [0.1, 0.15) is 10.2 Å². The van der Waals surface area contributed by atoms with Crippen LogP contribution >= 0.6 is 22.9 Å². The molecular weight excluding hydrogens is 240 g/mol. The van der Waals surface area contributed by atoms with Gasteiger partial charge in [0.05, 0.1) is 4.88 Å². The summed E-state index contributed by atoms with van der Waals surface area (Å²) in [4.78, 5) is 5.47. The van der Waals surface area contributed by atoms with Crippen LogP contribution in [0, 0.1) is 6.92 Å². The van der Waals surface area contributed by atoms with Gasteiger partial charge in [-0.3, -0.25) is 0 Å². The lowest BCUT2D eigenvalue weighted by Crippen LogP contribution is -2.03. The van der Waals surface area contributed by atoms with Crippen LogP contribution in [0.25, 0.3) is 10.6 Å². The molecule has 0 atom stereocenters. The smallest absolute Gasteiger partial charge is 0.145 e. The van der Waals surface area contributed by atoms with Crippen LogP contribution in [0.4, 0.5) is 0 Å². The molecule has 0 bridgehead atoms. The molecule has 1 heterocycles. The molecule has 1 aromatic carbocycles. The van der Waals surface area contributed by atoms with Crippen molar-refractivity contribution < 1.29 is 0 Å². The van der Waals surface area contributed by atoms with Gasteiger partial charge in [0.15, 0.2) is 0 Å². The summed E-state index contributed by atoms with van der Waals surface area (Å²) < 4.78 is 0. The van der Waals surface area contributed by atoms with E-state index in [0.717, 1.165) is 22.0 Å². The number of hydrogen-bond donors (Lipinski definition) is 1. The van der Waals surface area contributed by atoms with E-state index in [1.165, 1.54) is 5.56 Å². The first-order valence-electron chi connectivity index (χ1n) is 5.07. The van der Waals surface area contributed by atoms with Crippen molar-refractivity contribution in [2.24, 2.45) is 0 Å². The number of hydrogen-bond acceptors (Lipinski definition) is 3. The Hall–Kier alpha value is -0.900. The molecule has 2 aromatic rings. The van der Waals surface area contributed by atoms with E-state index in [-0.39, 0.29) is 0 Å². The van der Waals surface area contributed by atoms with Crippen LogP contribution in [0.3, 0.4) is 0 Å². The molecular formula is C12H13ClN2S. The number of nitrogens with one attached hydrogen (secondary N) is 1. The Labute approximate surface area is 104 Å². The fourth-order valence-electron chi connectivity index (χ4n) is 1.50. The second-order valence-corrected chi connectivity index (χ2v) is 5.07. The first-order chi connectivity index (χ1) is 7.70. The number of rotatable bonds is 3. The molecule has 2 rings (SSSR count). The normalized spacial score (nSPS) is 10.7. The van der Waals surface area contributed by atoms with E-state index in [4.69, 9.17) is 11.6 Å². The van der Waals surface area contributed by atoms with Crippen molar-refractivity contribution in [1.29, 1.82) is 0 Å². The summed E-state index contributed by atoms with van der Waals surface area (Å²) in [6.45, 7) is 2.84. The van der Waals surface area contributed by atoms with Gasteiger partial charge < -0.3 is 5.32 Å². The lowest BCUT2D eigenvalue weighted by molar-refractivity contribution is 0.829. The van der Waals surface area contributed by atoms with Crippen LogP contribution in [0.1, 0.15) is 10.4 Å². The third-order valence-electron chi connectivity index (χ3n) is 2.25. The number of aromatic nitrogens is 1. The second-order valence-electron chi connectivity index (χ2n) is 3.63. The van der Waals surface area contributed by atoms with Crippen LogP contribution in [0.15, 0.2) is 24.3 Å². The summed E-state index contributed by atoms with van der Waals surface area (Å²) in [6, 6.07) is 8.30. The molecule has 0 radical (unpaired) electrons. The van der Waals surface area contributed by atoms with Crippen molar-refractivity contribution in [3.8, 4) is 10.6 Å². The summed E-state index contributed by atoms with van der Waals surface area (Å²) in [5.41, 5.74) is 2.37. The Bertz CT molecular complexity index is 494. The highest BCUT2D eigenvalue weighted by atomic mass is 35.5. The highest BCUT2D eigenvalue weighted by molar-refractivity contribution is 7.15. The summed E-state index contributed by atoms with van der Waals surface area (Å²) in [7, 11) is 1.91. The maximum Gasteiger partial charge on any atom is 0.145 e. The van der Waals surface area contributed by atoms with Gasteiger partial charge in [-0.15, -0.1) is 11.3 Å². The SMILES string of the molecule is CNCc1sc(-c2cccc(C)c2)nc1Cl. The van der Waals surface area contributed by atoms with Gasteiger partial charge in [-0.2, -0.15) is 0 Å². The molecule has 0 saturated heterocycles. The van der Waals surface area contributed by atoms with Gasteiger partial charge in [0, 0.05) is 12.1 Å². The Morgan fingerprint density at radius 1 is 1.44 bits per heavy atom. The zero-order valence-corrected chi connectivity index (χ0v) is 10.8. The van der Waals surface area contributed by atoms with E-state index in [9.17, 15) is 0 Å². The molecule has 0 spiro atoms. The molecule has 1 N–H and O–H groups in total. The third kappa shape index (κ3) is 2.43. The highest BCUT2D eigenvalue weighted by Gasteiger charge is 2.09. The zero-order valence-electron chi connectivity index (χ0n) is 9.25. The van der Waals surface area contributed by atoms with Crippen molar-refractivity contribution in [2.45, 2.75) is 13.5 Å². The molecule has 0 aliphatic carbocycles. The zero-order chi connectivity index (χ0) is 11.5. The number of benzene rings is 1. The Morgan fingerprint density at radius 2 is 2.25 bits per heavy atom. The predicted octanol–water partition coefficient (Wildman–Crippen LogP) is 3.49. The minimum atomic E-state index is 0.607. The van der Waals surface area contributed by atoms with Crippen molar-refractivity contribution in [1.82, 2.24) is 10.3 Å². The first kappa shape index (κ1) is 11.6. The fraction of sp³-hybridized carbons (Fsp3) is 0.250. The largest absolute Gasteiger partial charge is 0.315 e. The minimum Gasteiger partial charge on any atom is -0.315 e. The van der Waals surface area contributed by atoms with Crippen LogP contribution in [0.5, 0.6) is 0 Å². The Kier molecular flexibility index (Phi) is 3.59. The van der Waals surface area contributed by atoms with Gasteiger partial charge >= 0.3 is 0 Å². The first-order valence-corrected chi connectivity index (χ1v) is 6.27. The van der Waals surface area contributed by atoms with E-state index in [1.807, 2.05) is 13.1 Å². The van der Waals surface area contributed by atoms with Gasteiger partial charge in [-0.25, -0.2) is 4.98 Å². The van der Waals surface area contributed by atoms with Gasteiger partial charge in [-0.1, -0.05) is 35.4 Å². The summed E-state index contributed by atoms with van der Waals surface area (Å²) >= 11 is 7.71. The van der Waals surface area contributed by atoms with Crippen molar-refractivity contribution >= 4 is 22.9 Å². The summed E-state index contributed by atoms with van der Waals surface area (Å²) in [5, 5.41) is 4.68. The molecule has 0 amide bonds. The molecule has 4 heteroatoms. The molecule has 16 heavy (non-hydrogen) atoms. The second kappa shape index (κ2) is 4.95. The van der Waals surface area contributed by atoms with Crippen molar-refractivity contribution in [3.05, 3.63) is 39.9 Å². The quantitative estimate of drug-likeness (QED) is 0.905. The Morgan fingerprint density at radius 3 is 2.94 bits per heavy atom. The van der Waals surface area contributed by atoms with Gasteiger partial charge in [0.2, 0.25) is 0 Å². The molecule has 1 aromatic heterocycles. The van der Waals surface area contributed by atoms with Gasteiger partial charge in [0.25, 0.3) is 0 Å². The molecule has 2 nitrogen and oxygen atoms in total. The van der Waals surface area contributed by atoms with E-state index in [2.05, 4.69) is 35.4 Å². The van der Waals surface area contributed by atoms with Crippen LogP contribution in [-0.2, 0) is 6.54 Å². The van der Waals surface area contributed by atoms with E-state index >= 15 is 0 Å². The average Bonchev–Trinajstić information content (AvgIpc) is 2.61. The molecule has 0 aliphatic heterocycles. The third-order valence-corrected chi connectivity index (χ3v) is 3.78. The van der Waals surface area contributed by atoms with Crippen LogP contribution < -0.4 is 5.32 Å². The van der Waals surface area contributed by atoms with E-state index in [0.29, 0.717) is 5.15 Å². The summed E-state index contributed by atoms with van der Waals surface area (Å²) in [6.07, 6.45) is 0. The van der Waals surface area contributed by atoms with Crippen LogP contribution in [-0.4, -0.2) is 12.0 Å². The molecule has 84 valence electrons. The van der Waals surface area contributed by atoms with E-state index < -0.39 is 0 Å². The average molecular weight is 253 g/mol. The minimum absolute atomic E-state index is 0.607. The van der Waals surface area contributed by atoms with E-state index in [1.54, 1.807) is 11.3 Å². The monoisotopic (exact) mass is 252 g/mol. The van der Waals surface area contributed by atoms with Crippen LogP contribution in [0.2, 0.25) is 5.15 Å². The number of nitrogens with zero attached hydrogens (tertiary/aromatic N) is 1. The fourth-order valence-corrected chi connectivity index (χ4v) is 2.78. The van der Waals surface area contributed by atoms with Crippen molar-refractivity contribution in [2.75, 3.05) is 7.05 Å². The van der Waals surface area contributed by atoms with Crippen molar-refractivity contribution in [3.63, 3.8) is 0 Å². The highest BCUT2D eigenvalue weighted by Crippen LogP contribution is 2.30.